The van der Waals surface area contributed by atoms with Crippen molar-refractivity contribution in [3.05, 3.63) is 58.9 Å². The quantitative estimate of drug-likeness (QED) is 0.921. The van der Waals surface area contributed by atoms with Crippen LogP contribution in [0.2, 0.25) is 5.02 Å². The van der Waals surface area contributed by atoms with Crippen LogP contribution in [0, 0.1) is 0 Å². The number of benzene rings is 1. The van der Waals surface area contributed by atoms with E-state index in [2.05, 4.69) is 9.88 Å². The second-order valence-corrected chi connectivity index (χ2v) is 4.58. The first-order valence-electron chi connectivity index (χ1n) is 5.70. The lowest BCUT2D eigenvalue weighted by Gasteiger charge is -2.21. The molecule has 0 aliphatic rings. The van der Waals surface area contributed by atoms with Gasteiger partial charge < -0.3 is 10.0 Å². The van der Waals surface area contributed by atoms with Crippen molar-refractivity contribution in [1.29, 1.82) is 0 Å². The van der Waals surface area contributed by atoms with E-state index in [0.717, 1.165) is 28.4 Å². The molecule has 1 heterocycles. The summed E-state index contributed by atoms with van der Waals surface area (Å²) in [5, 5.41) is 10.0. The maximum atomic E-state index is 9.29. The van der Waals surface area contributed by atoms with Crippen LogP contribution in [0.5, 0.6) is 0 Å². The first-order chi connectivity index (χ1) is 8.70. The Bertz CT molecular complexity index is 531. The maximum Gasteiger partial charge on any atom is 0.0717 e. The fourth-order valence-electron chi connectivity index (χ4n) is 1.91. The lowest BCUT2D eigenvalue weighted by atomic mass is 10.2. The second-order valence-electron chi connectivity index (χ2n) is 4.15. The van der Waals surface area contributed by atoms with Crippen molar-refractivity contribution in [2.75, 3.05) is 11.9 Å². The summed E-state index contributed by atoms with van der Waals surface area (Å²) >= 11 is 5.96. The molecule has 1 aromatic heterocycles. The van der Waals surface area contributed by atoms with Gasteiger partial charge in [-0.05, 0) is 23.8 Å². The molecule has 0 atom stereocenters. The summed E-state index contributed by atoms with van der Waals surface area (Å²) < 4.78 is 0. The van der Waals surface area contributed by atoms with Crippen LogP contribution in [0.3, 0.4) is 0 Å². The fourth-order valence-corrected chi connectivity index (χ4v) is 2.12. The maximum absolute atomic E-state index is 9.29. The van der Waals surface area contributed by atoms with Gasteiger partial charge in [0, 0.05) is 42.3 Å². The highest BCUT2D eigenvalue weighted by atomic mass is 35.5. The van der Waals surface area contributed by atoms with E-state index in [1.807, 2.05) is 37.4 Å². The first-order valence-corrected chi connectivity index (χ1v) is 6.08. The van der Waals surface area contributed by atoms with E-state index in [1.165, 1.54) is 0 Å². The molecule has 18 heavy (non-hydrogen) atoms. The van der Waals surface area contributed by atoms with Gasteiger partial charge in [0.2, 0.25) is 0 Å². The molecular weight excluding hydrogens is 248 g/mol. The molecule has 3 nitrogen and oxygen atoms in total. The number of hydrogen-bond donors (Lipinski definition) is 1. The highest BCUT2D eigenvalue weighted by Gasteiger charge is 2.07. The zero-order valence-electron chi connectivity index (χ0n) is 10.2. The third kappa shape index (κ3) is 3.00. The zero-order valence-corrected chi connectivity index (χ0v) is 10.9. The SMILES string of the molecule is CN(Cc1cccc(Cl)c1)c1ccncc1CO. The number of nitrogens with zero attached hydrogens (tertiary/aromatic N) is 2. The average molecular weight is 263 g/mol. The van der Waals surface area contributed by atoms with Crippen LogP contribution in [0.25, 0.3) is 0 Å². The minimum absolute atomic E-state index is 0.0109. The van der Waals surface area contributed by atoms with E-state index < -0.39 is 0 Å². The summed E-state index contributed by atoms with van der Waals surface area (Å²) in [6.07, 6.45) is 3.41. The van der Waals surface area contributed by atoms with Crippen molar-refractivity contribution in [1.82, 2.24) is 4.98 Å². The Kier molecular flexibility index (Phi) is 4.18. The molecule has 94 valence electrons. The molecule has 0 fully saturated rings. The molecule has 0 aliphatic heterocycles. The molecule has 0 spiro atoms. The van der Waals surface area contributed by atoms with E-state index in [4.69, 9.17) is 11.6 Å². The number of anilines is 1. The van der Waals surface area contributed by atoms with Gasteiger partial charge in [0.1, 0.15) is 0 Å². The van der Waals surface area contributed by atoms with Crippen molar-refractivity contribution in [3.63, 3.8) is 0 Å². The Morgan fingerprint density at radius 1 is 1.33 bits per heavy atom. The lowest BCUT2D eigenvalue weighted by Crippen LogP contribution is -2.18. The van der Waals surface area contributed by atoms with E-state index in [0.29, 0.717) is 0 Å². The average Bonchev–Trinajstić information content (AvgIpc) is 2.38. The van der Waals surface area contributed by atoms with Gasteiger partial charge in [0.05, 0.1) is 6.61 Å². The Labute approximate surface area is 112 Å². The van der Waals surface area contributed by atoms with Crippen molar-refractivity contribution < 1.29 is 5.11 Å². The zero-order chi connectivity index (χ0) is 13.0. The van der Waals surface area contributed by atoms with Crippen LogP contribution in [-0.4, -0.2) is 17.1 Å². The third-order valence-electron chi connectivity index (χ3n) is 2.77. The Hall–Kier alpha value is -1.58. The second kappa shape index (κ2) is 5.85. The molecule has 0 amide bonds. The molecule has 0 radical (unpaired) electrons. The predicted molar refractivity (Wildman–Crippen MR) is 73.7 cm³/mol. The van der Waals surface area contributed by atoms with E-state index in [-0.39, 0.29) is 6.61 Å². The Morgan fingerprint density at radius 3 is 2.89 bits per heavy atom. The van der Waals surface area contributed by atoms with Crippen LogP contribution >= 0.6 is 11.6 Å². The first kappa shape index (κ1) is 12.9. The molecule has 0 unspecified atom stereocenters. The normalized spacial score (nSPS) is 10.4. The van der Waals surface area contributed by atoms with Crippen LogP contribution in [0.1, 0.15) is 11.1 Å². The summed E-state index contributed by atoms with van der Waals surface area (Å²) in [5.41, 5.74) is 2.93. The van der Waals surface area contributed by atoms with Gasteiger partial charge in [-0.1, -0.05) is 23.7 Å². The minimum atomic E-state index is -0.0109. The highest BCUT2D eigenvalue weighted by Crippen LogP contribution is 2.21. The fraction of sp³-hybridized carbons (Fsp3) is 0.214. The molecule has 1 N–H and O–H groups in total. The van der Waals surface area contributed by atoms with E-state index in [9.17, 15) is 5.11 Å². The number of rotatable bonds is 4. The van der Waals surface area contributed by atoms with Crippen molar-refractivity contribution >= 4 is 17.3 Å². The Balaban J connectivity index is 2.19. The van der Waals surface area contributed by atoms with Crippen LogP contribution in [0.15, 0.2) is 42.7 Å². The molecule has 0 saturated carbocycles. The molecule has 2 rings (SSSR count). The van der Waals surface area contributed by atoms with Crippen molar-refractivity contribution in [2.45, 2.75) is 13.2 Å². The van der Waals surface area contributed by atoms with Gasteiger partial charge in [0.25, 0.3) is 0 Å². The predicted octanol–water partition coefficient (Wildman–Crippen LogP) is 2.86. The van der Waals surface area contributed by atoms with Crippen molar-refractivity contribution in [3.8, 4) is 0 Å². The highest BCUT2D eigenvalue weighted by molar-refractivity contribution is 6.30. The number of pyridine rings is 1. The molecule has 0 saturated heterocycles. The van der Waals surface area contributed by atoms with Gasteiger partial charge in [-0.15, -0.1) is 0 Å². The smallest absolute Gasteiger partial charge is 0.0717 e. The number of hydrogen-bond acceptors (Lipinski definition) is 3. The van der Waals surface area contributed by atoms with Gasteiger partial charge >= 0.3 is 0 Å². The minimum Gasteiger partial charge on any atom is -0.392 e. The summed E-state index contributed by atoms with van der Waals surface area (Å²) in [5.74, 6) is 0. The van der Waals surface area contributed by atoms with E-state index >= 15 is 0 Å². The molecule has 2 aromatic rings. The standard InChI is InChI=1S/C14H15ClN2O/c1-17(9-11-3-2-4-13(15)7-11)14-5-6-16-8-12(14)10-18/h2-8,18H,9-10H2,1H3. The molecule has 0 bridgehead atoms. The van der Waals surface area contributed by atoms with Gasteiger partial charge in [0.15, 0.2) is 0 Å². The number of halogens is 1. The third-order valence-corrected chi connectivity index (χ3v) is 3.00. The van der Waals surface area contributed by atoms with E-state index in [1.54, 1.807) is 12.4 Å². The van der Waals surface area contributed by atoms with Crippen LogP contribution in [-0.2, 0) is 13.2 Å². The topological polar surface area (TPSA) is 36.4 Å². The van der Waals surface area contributed by atoms with Crippen LogP contribution in [0.4, 0.5) is 5.69 Å². The largest absolute Gasteiger partial charge is 0.392 e. The summed E-state index contributed by atoms with van der Waals surface area (Å²) in [6.45, 7) is 0.723. The molecule has 0 aliphatic carbocycles. The van der Waals surface area contributed by atoms with Gasteiger partial charge in [-0.2, -0.15) is 0 Å². The molecule has 1 aromatic carbocycles. The van der Waals surface area contributed by atoms with Gasteiger partial charge in [-0.25, -0.2) is 0 Å². The Morgan fingerprint density at radius 2 is 2.17 bits per heavy atom. The molecular formula is C14H15ClN2O. The lowest BCUT2D eigenvalue weighted by molar-refractivity contribution is 0.281. The van der Waals surface area contributed by atoms with Crippen LogP contribution < -0.4 is 4.90 Å². The number of aromatic nitrogens is 1. The van der Waals surface area contributed by atoms with Crippen molar-refractivity contribution in [2.24, 2.45) is 0 Å². The number of aliphatic hydroxyl groups is 1. The monoisotopic (exact) mass is 262 g/mol. The summed E-state index contributed by atoms with van der Waals surface area (Å²) in [4.78, 5) is 6.08. The summed E-state index contributed by atoms with van der Waals surface area (Å²) in [7, 11) is 1.98. The number of aliphatic hydroxyl groups excluding tert-OH is 1. The van der Waals surface area contributed by atoms with Gasteiger partial charge in [-0.3, -0.25) is 4.98 Å². The summed E-state index contributed by atoms with van der Waals surface area (Å²) in [6, 6.07) is 9.66. The molecule has 4 heteroatoms.